The summed E-state index contributed by atoms with van der Waals surface area (Å²) in [6.07, 6.45) is 3.00. The minimum Gasteiger partial charge on any atom is -0.301 e. The highest BCUT2D eigenvalue weighted by Crippen LogP contribution is 2.36. The van der Waals surface area contributed by atoms with E-state index in [2.05, 4.69) is 23.6 Å². The molecule has 2 nitrogen and oxygen atoms in total. The van der Waals surface area contributed by atoms with Crippen molar-refractivity contribution in [3.8, 4) is 0 Å². The van der Waals surface area contributed by atoms with Crippen LogP contribution in [-0.2, 0) is 0 Å². The van der Waals surface area contributed by atoms with Gasteiger partial charge in [0.25, 0.3) is 0 Å². The van der Waals surface area contributed by atoms with E-state index in [1.54, 1.807) is 0 Å². The summed E-state index contributed by atoms with van der Waals surface area (Å²) >= 11 is 0. The molecular formula is C13H24N2. The van der Waals surface area contributed by atoms with Gasteiger partial charge in [0.2, 0.25) is 0 Å². The Morgan fingerprint density at radius 1 is 1.00 bits per heavy atom. The predicted octanol–water partition coefficient (Wildman–Crippen LogP) is 1.67. The van der Waals surface area contributed by atoms with Gasteiger partial charge in [0, 0.05) is 38.8 Å². The van der Waals surface area contributed by atoms with Gasteiger partial charge in [-0.1, -0.05) is 13.8 Å². The quantitative estimate of drug-likeness (QED) is 0.681. The molecule has 0 aromatic carbocycles. The maximum atomic E-state index is 2.80. The topological polar surface area (TPSA) is 6.48 Å². The van der Waals surface area contributed by atoms with Gasteiger partial charge in [-0.05, 0) is 30.6 Å². The largest absolute Gasteiger partial charge is 0.301 e. The molecule has 0 radical (unpaired) electrons. The molecule has 2 heteroatoms. The van der Waals surface area contributed by atoms with Gasteiger partial charge >= 0.3 is 0 Å². The van der Waals surface area contributed by atoms with E-state index in [4.69, 9.17) is 0 Å². The lowest BCUT2D eigenvalue weighted by atomic mass is 9.84. The molecule has 0 spiro atoms. The number of piperidine rings is 2. The van der Waals surface area contributed by atoms with Crippen molar-refractivity contribution < 1.29 is 0 Å². The van der Waals surface area contributed by atoms with Crippen molar-refractivity contribution in [2.24, 2.45) is 17.8 Å². The van der Waals surface area contributed by atoms with Crippen LogP contribution in [0.5, 0.6) is 0 Å². The summed E-state index contributed by atoms with van der Waals surface area (Å²) in [5, 5.41) is 0. The summed E-state index contributed by atoms with van der Waals surface area (Å²) in [5.41, 5.74) is 0. The zero-order valence-electron chi connectivity index (χ0n) is 10.2. The third-order valence-electron chi connectivity index (χ3n) is 4.38. The zero-order chi connectivity index (χ0) is 10.4. The summed E-state index contributed by atoms with van der Waals surface area (Å²) in [6.45, 7) is 11.6. The van der Waals surface area contributed by atoms with Crippen LogP contribution in [0.15, 0.2) is 0 Å². The molecule has 0 N–H and O–H groups in total. The van der Waals surface area contributed by atoms with Crippen LogP contribution in [-0.4, -0.2) is 48.6 Å². The Kier molecular flexibility index (Phi) is 2.52. The summed E-state index contributed by atoms with van der Waals surface area (Å²) in [6, 6.07) is 0.888. The second-order valence-corrected chi connectivity index (χ2v) is 6.42. The molecule has 4 bridgehead atoms. The van der Waals surface area contributed by atoms with Crippen molar-refractivity contribution in [1.29, 1.82) is 0 Å². The Morgan fingerprint density at radius 3 is 2.53 bits per heavy atom. The van der Waals surface area contributed by atoms with Crippen molar-refractivity contribution in [2.75, 3.05) is 32.7 Å². The molecular weight excluding hydrogens is 184 g/mol. The normalized spacial score (nSPS) is 45.0. The van der Waals surface area contributed by atoms with Crippen LogP contribution in [0.25, 0.3) is 0 Å². The summed E-state index contributed by atoms with van der Waals surface area (Å²) in [5.74, 6) is 2.84. The molecule has 0 amide bonds. The van der Waals surface area contributed by atoms with Gasteiger partial charge in [0.1, 0.15) is 0 Å². The molecule has 4 heterocycles. The van der Waals surface area contributed by atoms with Crippen LogP contribution >= 0.6 is 0 Å². The van der Waals surface area contributed by atoms with Crippen molar-refractivity contribution in [2.45, 2.75) is 32.7 Å². The highest BCUT2D eigenvalue weighted by atomic mass is 15.3. The fraction of sp³-hybridized carbons (Fsp3) is 1.00. The molecule has 4 saturated heterocycles. The number of nitrogens with zero attached hydrogens (tertiary/aromatic N) is 2. The highest BCUT2D eigenvalue weighted by Gasteiger charge is 2.41. The average molecular weight is 208 g/mol. The Hall–Kier alpha value is -0.0800. The lowest BCUT2D eigenvalue weighted by Crippen LogP contribution is -2.49. The second-order valence-electron chi connectivity index (χ2n) is 6.42. The Bertz CT molecular complexity index is 225. The van der Waals surface area contributed by atoms with E-state index in [-0.39, 0.29) is 0 Å². The molecule has 4 aliphatic rings. The maximum absolute atomic E-state index is 2.80. The van der Waals surface area contributed by atoms with E-state index in [1.807, 2.05) is 0 Å². The van der Waals surface area contributed by atoms with Crippen molar-refractivity contribution in [3.63, 3.8) is 0 Å². The number of hydrogen-bond donors (Lipinski definition) is 0. The third-order valence-corrected chi connectivity index (χ3v) is 4.38. The molecule has 4 aliphatic heterocycles. The molecule has 4 atom stereocenters. The van der Waals surface area contributed by atoms with Crippen molar-refractivity contribution in [3.05, 3.63) is 0 Å². The minimum atomic E-state index is 0.829. The molecule has 15 heavy (non-hydrogen) atoms. The molecule has 86 valence electrons. The van der Waals surface area contributed by atoms with E-state index < -0.39 is 0 Å². The van der Waals surface area contributed by atoms with Crippen LogP contribution in [0.4, 0.5) is 0 Å². The van der Waals surface area contributed by atoms with E-state index >= 15 is 0 Å². The maximum Gasteiger partial charge on any atom is 0.0226 e. The van der Waals surface area contributed by atoms with Crippen molar-refractivity contribution in [1.82, 2.24) is 9.80 Å². The Balaban J connectivity index is 1.76. The summed E-state index contributed by atoms with van der Waals surface area (Å²) < 4.78 is 0. The third kappa shape index (κ3) is 1.94. The van der Waals surface area contributed by atoms with Gasteiger partial charge < -0.3 is 4.90 Å². The first kappa shape index (κ1) is 10.1. The lowest BCUT2D eigenvalue weighted by Gasteiger charge is -2.41. The molecule has 0 aromatic heterocycles. The summed E-state index contributed by atoms with van der Waals surface area (Å²) in [7, 11) is 0. The van der Waals surface area contributed by atoms with Crippen LogP contribution < -0.4 is 0 Å². The second kappa shape index (κ2) is 3.74. The lowest BCUT2D eigenvalue weighted by molar-refractivity contribution is 0.0768. The average Bonchev–Trinajstić information content (AvgIpc) is 2.30. The van der Waals surface area contributed by atoms with Crippen LogP contribution in [0.1, 0.15) is 26.7 Å². The summed E-state index contributed by atoms with van der Waals surface area (Å²) in [4.78, 5) is 5.53. The highest BCUT2D eigenvalue weighted by molar-refractivity contribution is 4.96. The van der Waals surface area contributed by atoms with Gasteiger partial charge in [0.15, 0.2) is 0 Å². The van der Waals surface area contributed by atoms with Gasteiger partial charge in [-0.15, -0.1) is 0 Å². The van der Waals surface area contributed by atoms with Gasteiger partial charge in [-0.2, -0.15) is 0 Å². The fourth-order valence-corrected chi connectivity index (χ4v) is 4.07. The predicted molar refractivity (Wildman–Crippen MR) is 62.9 cm³/mol. The van der Waals surface area contributed by atoms with E-state index in [0.29, 0.717) is 0 Å². The first-order valence-electron chi connectivity index (χ1n) is 6.67. The number of hydrogen-bond acceptors (Lipinski definition) is 2. The zero-order valence-corrected chi connectivity index (χ0v) is 10.2. The number of rotatable bonds is 2. The molecule has 4 rings (SSSR count). The number of fused-ring (bicyclic) bond motifs is 1. The van der Waals surface area contributed by atoms with Crippen molar-refractivity contribution >= 4 is 0 Å². The standard InChI is InChI=1S/C13H24N2/c1-10(2)5-15-8-12-3-11-4-13(15)9-14(6-11)7-12/h10-13H,3-9H2,1-2H3. The minimum absolute atomic E-state index is 0.829. The molecule has 0 aliphatic carbocycles. The van der Waals surface area contributed by atoms with Gasteiger partial charge in [-0.25, -0.2) is 0 Å². The van der Waals surface area contributed by atoms with E-state index in [0.717, 1.165) is 23.8 Å². The molecule has 4 unspecified atom stereocenters. The monoisotopic (exact) mass is 208 g/mol. The first-order chi connectivity index (χ1) is 7.20. The van der Waals surface area contributed by atoms with Gasteiger partial charge in [0.05, 0.1) is 0 Å². The van der Waals surface area contributed by atoms with Crippen LogP contribution in [0.3, 0.4) is 0 Å². The molecule has 4 fully saturated rings. The van der Waals surface area contributed by atoms with Gasteiger partial charge in [-0.3, -0.25) is 4.90 Å². The smallest absolute Gasteiger partial charge is 0.0226 e. The fourth-order valence-electron chi connectivity index (χ4n) is 4.07. The Labute approximate surface area is 93.6 Å². The first-order valence-corrected chi connectivity index (χ1v) is 6.67. The Morgan fingerprint density at radius 2 is 1.80 bits per heavy atom. The van der Waals surface area contributed by atoms with Crippen LogP contribution in [0.2, 0.25) is 0 Å². The van der Waals surface area contributed by atoms with E-state index in [9.17, 15) is 0 Å². The SMILES string of the molecule is CC(C)CN1CC2CC3CC1CN(C3)C2. The molecule has 0 aromatic rings. The van der Waals surface area contributed by atoms with E-state index in [1.165, 1.54) is 45.6 Å². The molecule has 0 saturated carbocycles. The van der Waals surface area contributed by atoms with Crippen LogP contribution in [0, 0.1) is 17.8 Å².